The maximum atomic E-state index is 5.92. The lowest BCUT2D eigenvalue weighted by Gasteiger charge is -2.37. The molecule has 6 heteroatoms. The Morgan fingerprint density at radius 2 is 2.08 bits per heavy atom. The van der Waals surface area contributed by atoms with Crippen LogP contribution in [0.1, 0.15) is 24.1 Å². The lowest BCUT2D eigenvalue weighted by molar-refractivity contribution is 0.271. The fourth-order valence-electron chi connectivity index (χ4n) is 3.22. The molecule has 132 valence electrons. The molecule has 0 amide bonds. The summed E-state index contributed by atoms with van der Waals surface area (Å²) >= 11 is 5.92. The van der Waals surface area contributed by atoms with Crippen molar-refractivity contribution in [2.75, 3.05) is 37.6 Å². The van der Waals surface area contributed by atoms with Crippen molar-refractivity contribution in [3.05, 3.63) is 41.7 Å². The van der Waals surface area contributed by atoms with Crippen molar-refractivity contribution in [3.8, 4) is 11.3 Å². The number of nitrogens with zero attached hydrogens (tertiary/aromatic N) is 4. The molecule has 0 radical (unpaired) electrons. The molecule has 0 saturated carbocycles. The van der Waals surface area contributed by atoms with Gasteiger partial charge in [-0.15, -0.1) is 0 Å². The fourth-order valence-corrected chi connectivity index (χ4v) is 3.35. The summed E-state index contributed by atoms with van der Waals surface area (Å²) in [5, 5.41) is 0. The molecule has 0 bridgehead atoms. The van der Waals surface area contributed by atoms with Gasteiger partial charge < -0.3 is 14.2 Å². The van der Waals surface area contributed by atoms with Crippen LogP contribution in [0.3, 0.4) is 0 Å². The lowest BCUT2D eigenvalue weighted by atomic mass is 10.0. The minimum absolute atomic E-state index is 0.638. The molecule has 2 aromatic heterocycles. The number of hydrogen-bond acceptors (Lipinski definition) is 5. The molecule has 25 heavy (non-hydrogen) atoms. The fraction of sp³-hybridized carbons (Fsp3) is 0.368. The molecule has 0 N–H and O–H groups in total. The number of rotatable bonds is 5. The van der Waals surface area contributed by atoms with E-state index in [1.807, 2.05) is 19.2 Å². The molecular weight excluding hydrogens is 336 g/mol. The van der Waals surface area contributed by atoms with Gasteiger partial charge in [0, 0.05) is 56.0 Å². The molecule has 1 saturated heterocycles. The van der Waals surface area contributed by atoms with Crippen LogP contribution in [-0.4, -0.2) is 47.6 Å². The third kappa shape index (κ3) is 3.62. The Morgan fingerprint density at radius 1 is 1.32 bits per heavy atom. The Balaban J connectivity index is 2.12. The highest BCUT2D eigenvalue weighted by molar-refractivity contribution is 6.27. The van der Waals surface area contributed by atoms with E-state index in [0.717, 1.165) is 60.9 Å². The van der Waals surface area contributed by atoms with Crippen molar-refractivity contribution in [3.63, 3.8) is 0 Å². The number of piperazine rings is 1. The first kappa shape index (κ1) is 17.7. The van der Waals surface area contributed by atoms with E-state index in [-0.39, 0.29) is 0 Å². The van der Waals surface area contributed by atoms with Gasteiger partial charge in [0.2, 0.25) is 0 Å². The molecule has 0 aliphatic carbocycles. The van der Waals surface area contributed by atoms with Gasteiger partial charge in [0.1, 0.15) is 12.0 Å². The summed E-state index contributed by atoms with van der Waals surface area (Å²) in [4.78, 5) is 13.9. The number of pyridine rings is 1. The van der Waals surface area contributed by atoms with Crippen molar-refractivity contribution in [1.29, 1.82) is 0 Å². The van der Waals surface area contributed by atoms with Gasteiger partial charge in [-0.3, -0.25) is 4.98 Å². The predicted molar refractivity (Wildman–Crippen MR) is 104 cm³/mol. The molecule has 3 heterocycles. The largest absolute Gasteiger partial charge is 0.449 e. The van der Waals surface area contributed by atoms with Gasteiger partial charge in [-0.2, -0.15) is 0 Å². The highest BCUT2D eigenvalue weighted by Crippen LogP contribution is 2.36. The van der Waals surface area contributed by atoms with Gasteiger partial charge >= 0.3 is 0 Å². The maximum Gasteiger partial charge on any atom is 0.191 e. The minimum atomic E-state index is 0.638. The van der Waals surface area contributed by atoms with Gasteiger partial charge in [0.05, 0.1) is 11.4 Å². The number of anilines is 1. The first-order chi connectivity index (χ1) is 12.2. The Labute approximate surface area is 153 Å². The normalized spacial score (nSPS) is 15.9. The average Bonchev–Trinajstić information content (AvgIpc) is 3.08. The molecule has 1 fully saturated rings. The van der Waals surface area contributed by atoms with Crippen LogP contribution in [-0.2, 0) is 0 Å². The molecule has 5 nitrogen and oxygen atoms in total. The van der Waals surface area contributed by atoms with Crippen LogP contribution in [0, 0.1) is 6.92 Å². The monoisotopic (exact) mass is 358 g/mol. The van der Waals surface area contributed by atoms with Gasteiger partial charge in [-0.25, -0.2) is 4.98 Å². The topological polar surface area (TPSA) is 45.4 Å². The quantitative estimate of drug-likeness (QED) is 0.807. The molecule has 2 aromatic rings. The Bertz CT molecular complexity index is 776. The molecular formula is C19H23ClN4O. The summed E-state index contributed by atoms with van der Waals surface area (Å²) in [7, 11) is 0. The summed E-state index contributed by atoms with van der Waals surface area (Å²) in [6.07, 6.45) is 7.17. The third-order valence-electron chi connectivity index (χ3n) is 4.57. The zero-order chi connectivity index (χ0) is 17.8. The van der Waals surface area contributed by atoms with E-state index in [1.165, 1.54) is 5.54 Å². The zero-order valence-corrected chi connectivity index (χ0v) is 15.5. The standard InChI is InChI=1S/C19H23ClN4O/c1-4-17-15(6-7-20)19(24-10-8-23(5-2)9-11-24)16(12-21-17)18-13-25-14(3)22-18/h4,6-7,12-13H,1,5,8-11H2,2-3H3. The SMILES string of the molecule is C=Cc1ncc(-c2coc(C)n2)c(N2CCN(CC)CC2)c1C=CCl. The number of likely N-dealkylation sites (N-methyl/N-ethyl adjacent to an activating group) is 1. The van der Waals surface area contributed by atoms with Gasteiger partial charge in [-0.05, 0) is 18.7 Å². The highest BCUT2D eigenvalue weighted by Gasteiger charge is 2.24. The van der Waals surface area contributed by atoms with Crippen molar-refractivity contribution in [1.82, 2.24) is 14.9 Å². The van der Waals surface area contributed by atoms with Crippen molar-refractivity contribution < 1.29 is 4.42 Å². The zero-order valence-electron chi connectivity index (χ0n) is 14.7. The van der Waals surface area contributed by atoms with Crippen molar-refractivity contribution in [2.45, 2.75) is 13.8 Å². The first-order valence-corrected chi connectivity index (χ1v) is 8.93. The molecule has 3 rings (SSSR count). The van der Waals surface area contributed by atoms with Crippen LogP contribution in [0.15, 0.2) is 29.0 Å². The van der Waals surface area contributed by atoms with E-state index in [9.17, 15) is 0 Å². The summed E-state index contributed by atoms with van der Waals surface area (Å²) in [5.41, 5.74) is 6.14. The van der Waals surface area contributed by atoms with Gasteiger partial charge in [0.15, 0.2) is 5.89 Å². The second-order valence-corrected chi connectivity index (χ2v) is 6.24. The van der Waals surface area contributed by atoms with E-state index < -0.39 is 0 Å². The van der Waals surface area contributed by atoms with E-state index in [0.29, 0.717) is 5.89 Å². The number of aromatic nitrogens is 2. The summed E-state index contributed by atoms with van der Waals surface area (Å²) in [6, 6.07) is 0. The maximum absolute atomic E-state index is 5.92. The first-order valence-electron chi connectivity index (χ1n) is 8.50. The van der Waals surface area contributed by atoms with E-state index >= 15 is 0 Å². The van der Waals surface area contributed by atoms with Gasteiger partial charge in [-0.1, -0.05) is 25.1 Å². The van der Waals surface area contributed by atoms with E-state index in [4.69, 9.17) is 16.0 Å². The summed E-state index contributed by atoms with van der Waals surface area (Å²) in [5.74, 6) is 0.638. The van der Waals surface area contributed by atoms with Gasteiger partial charge in [0.25, 0.3) is 0 Å². The predicted octanol–water partition coefficient (Wildman–Crippen LogP) is 4.04. The Morgan fingerprint density at radius 3 is 2.64 bits per heavy atom. The minimum Gasteiger partial charge on any atom is -0.449 e. The smallest absolute Gasteiger partial charge is 0.191 e. The van der Waals surface area contributed by atoms with Crippen LogP contribution in [0.4, 0.5) is 5.69 Å². The van der Waals surface area contributed by atoms with E-state index in [2.05, 4.69) is 33.3 Å². The van der Waals surface area contributed by atoms with Crippen LogP contribution < -0.4 is 4.90 Å². The highest BCUT2D eigenvalue weighted by atomic mass is 35.5. The molecule has 1 aliphatic rings. The number of oxazole rings is 1. The van der Waals surface area contributed by atoms with Crippen molar-refractivity contribution >= 4 is 29.4 Å². The second-order valence-electron chi connectivity index (χ2n) is 5.99. The second kappa shape index (κ2) is 7.85. The Kier molecular flexibility index (Phi) is 5.56. The van der Waals surface area contributed by atoms with E-state index in [1.54, 1.807) is 12.3 Å². The van der Waals surface area contributed by atoms with Crippen LogP contribution in [0.2, 0.25) is 0 Å². The van der Waals surface area contributed by atoms with Crippen LogP contribution in [0.25, 0.3) is 23.4 Å². The van der Waals surface area contributed by atoms with Crippen LogP contribution in [0.5, 0.6) is 0 Å². The molecule has 1 aliphatic heterocycles. The lowest BCUT2D eigenvalue weighted by Crippen LogP contribution is -2.46. The summed E-state index contributed by atoms with van der Waals surface area (Å²) < 4.78 is 5.42. The Hall–Kier alpha value is -2.11. The third-order valence-corrected chi connectivity index (χ3v) is 4.70. The number of aryl methyl sites for hydroxylation is 1. The van der Waals surface area contributed by atoms with Crippen molar-refractivity contribution in [2.24, 2.45) is 0 Å². The average molecular weight is 359 g/mol. The van der Waals surface area contributed by atoms with Crippen LogP contribution >= 0.6 is 11.6 Å². The number of hydrogen-bond donors (Lipinski definition) is 0. The summed E-state index contributed by atoms with van der Waals surface area (Å²) in [6.45, 7) is 13.0. The molecule has 0 atom stereocenters. The molecule has 0 spiro atoms. The molecule has 0 unspecified atom stereocenters. The molecule has 0 aromatic carbocycles. The number of halogens is 1.